The van der Waals surface area contributed by atoms with Crippen molar-refractivity contribution >= 4 is 6.09 Å². The lowest BCUT2D eigenvalue weighted by molar-refractivity contribution is -0.0570. The van der Waals surface area contributed by atoms with Gasteiger partial charge in [0, 0.05) is 27.2 Å². The highest BCUT2D eigenvalue weighted by molar-refractivity contribution is 5.66. The number of rotatable bonds is 2. The van der Waals surface area contributed by atoms with E-state index < -0.39 is 0 Å². The van der Waals surface area contributed by atoms with Crippen molar-refractivity contribution in [2.75, 3.05) is 33.8 Å². The molecule has 1 heterocycles. The topological polar surface area (TPSA) is 50.8 Å². The Bertz CT molecular complexity index is 196. The monoisotopic (exact) mass is 202 g/mol. The molecule has 0 spiro atoms. The highest BCUT2D eigenvalue weighted by Gasteiger charge is 2.20. The Kier molecular flexibility index (Phi) is 4.16. The summed E-state index contributed by atoms with van der Waals surface area (Å²) in [6, 6.07) is 0. The minimum Gasteiger partial charge on any atom is -0.447 e. The van der Waals surface area contributed by atoms with Gasteiger partial charge in [-0.3, -0.25) is 0 Å². The van der Waals surface area contributed by atoms with Gasteiger partial charge in [0.1, 0.15) is 12.7 Å². The first-order valence-corrected chi connectivity index (χ1v) is 4.80. The molecular weight excluding hydrogens is 184 g/mol. The highest BCUT2D eigenvalue weighted by atomic mass is 16.6. The van der Waals surface area contributed by atoms with Gasteiger partial charge in [-0.25, -0.2) is 4.79 Å². The van der Waals surface area contributed by atoms with E-state index >= 15 is 0 Å². The third-order valence-electron chi connectivity index (χ3n) is 1.99. The molecule has 0 aliphatic carbocycles. The fourth-order valence-electron chi connectivity index (χ4n) is 1.26. The maximum absolute atomic E-state index is 11.1. The minimum absolute atomic E-state index is 0.0253. The standard InChI is InChI=1S/C9H18N2O3/c1-7-4-10-5-8(14-7)6-13-9(12)11(2)3/h7-8,10H,4-6H2,1-3H3. The molecular formula is C9H18N2O3. The van der Waals surface area contributed by atoms with Crippen molar-refractivity contribution in [1.29, 1.82) is 0 Å². The van der Waals surface area contributed by atoms with Crippen LogP contribution in [-0.2, 0) is 9.47 Å². The van der Waals surface area contributed by atoms with E-state index in [1.165, 1.54) is 4.90 Å². The Morgan fingerprint density at radius 2 is 2.29 bits per heavy atom. The summed E-state index contributed by atoms with van der Waals surface area (Å²) in [5, 5.41) is 3.21. The molecule has 2 unspecified atom stereocenters. The summed E-state index contributed by atoms with van der Waals surface area (Å²) in [5.41, 5.74) is 0. The van der Waals surface area contributed by atoms with Crippen LogP contribution in [0.2, 0.25) is 0 Å². The maximum atomic E-state index is 11.1. The van der Waals surface area contributed by atoms with Gasteiger partial charge < -0.3 is 19.7 Å². The zero-order valence-corrected chi connectivity index (χ0v) is 8.95. The molecule has 1 amide bonds. The molecule has 82 valence electrons. The molecule has 14 heavy (non-hydrogen) atoms. The lowest BCUT2D eigenvalue weighted by atomic mass is 10.2. The van der Waals surface area contributed by atoms with Gasteiger partial charge >= 0.3 is 6.09 Å². The molecule has 1 N–H and O–H groups in total. The van der Waals surface area contributed by atoms with Crippen molar-refractivity contribution in [2.24, 2.45) is 0 Å². The quantitative estimate of drug-likeness (QED) is 0.688. The predicted octanol–water partition coefficient (Wildman–Crippen LogP) is 0.0615. The van der Waals surface area contributed by atoms with Crippen LogP contribution in [0.25, 0.3) is 0 Å². The van der Waals surface area contributed by atoms with Gasteiger partial charge in [0.05, 0.1) is 6.10 Å². The van der Waals surface area contributed by atoms with Crippen LogP contribution >= 0.6 is 0 Å². The van der Waals surface area contributed by atoms with Crippen molar-refractivity contribution in [3.8, 4) is 0 Å². The first kappa shape index (κ1) is 11.3. The number of hydrogen-bond donors (Lipinski definition) is 1. The van der Waals surface area contributed by atoms with Crippen LogP contribution in [0.5, 0.6) is 0 Å². The maximum Gasteiger partial charge on any atom is 0.409 e. The fraction of sp³-hybridized carbons (Fsp3) is 0.889. The van der Waals surface area contributed by atoms with Crippen molar-refractivity contribution in [1.82, 2.24) is 10.2 Å². The lowest BCUT2D eigenvalue weighted by Crippen LogP contribution is -2.46. The number of ether oxygens (including phenoxy) is 2. The van der Waals surface area contributed by atoms with Crippen molar-refractivity contribution in [3.05, 3.63) is 0 Å². The number of morpholine rings is 1. The molecule has 1 aliphatic heterocycles. The second-order valence-electron chi connectivity index (χ2n) is 3.70. The summed E-state index contributed by atoms with van der Waals surface area (Å²) in [6.07, 6.45) is -0.165. The first-order chi connectivity index (χ1) is 6.59. The summed E-state index contributed by atoms with van der Waals surface area (Å²) >= 11 is 0. The van der Waals surface area contributed by atoms with E-state index in [9.17, 15) is 4.79 Å². The minimum atomic E-state index is -0.327. The number of amides is 1. The average molecular weight is 202 g/mol. The smallest absolute Gasteiger partial charge is 0.409 e. The van der Waals surface area contributed by atoms with Crippen LogP contribution in [-0.4, -0.2) is 57.0 Å². The van der Waals surface area contributed by atoms with Crippen LogP contribution in [0.15, 0.2) is 0 Å². The van der Waals surface area contributed by atoms with Gasteiger partial charge in [-0.2, -0.15) is 0 Å². The number of nitrogens with zero attached hydrogens (tertiary/aromatic N) is 1. The summed E-state index contributed by atoms with van der Waals surface area (Å²) < 4.78 is 10.6. The van der Waals surface area contributed by atoms with E-state index in [1.54, 1.807) is 14.1 Å². The number of hydrogen-bond acceptors (Lipinski definition) is 4. The van der Waals surface area contributed by atoms with E-state index in [1.807, 2.05) is 6.92 Å². The molecule has 2 atom stereocenters. The van der Waals surface area contributed by atoms with Crippen LogP contribution in [0.3, 0.4) is 0 Å². The fourth-order valence-corrected chi connectivity index (χ4v) is 1.26. The summed E-state index contributed by atoms with van der Waals surface area (Å²) in [7, 11) is 3.32. The molecule has 1 aliphatic rings. The van der Waals surface area contributed by atoms with E-state index in [2.05, 4.69) is 5.32 Å². The van der Waals surface area contributed by atoms with Crippen molar-refractivity contribution in [2.45, 2.75) is 19.1 Å². The molecule has 0 aromatic rings. The third-order valence-corrected chi connectivity index (χ3v) is 1.99. The Labute approximate surface area is 84.4 Å². The molecule has 0 aromatic heterocycles. The van der Waals surface area contributed by atoms with Crippen LogP contribution < -0.4 is 5.32 Å². The first-order valence-electron chi connectivity index (χ1n) is 4.80. The zero-order chi connectivity index (χ0) is 10.6. The third kappa shape index (κ3) is 3.51. The molecule has 0 bridgehead atoms. The Hall–Kier alpha value is -0.810. The Morgan fingerprint density at radius 3 is 2.86 bits per heavy atom. The van der Waals surface area contributed by atoms with E-state index in [0.29, 0.717) is 6.61 Å². The lowest BCUT2D eigenvalue weighted by Gasteiger charge is -2.28. The van der Waals surface area contributed by atoms with E-state index in [0.717, 1.165) is 13.1 Å². The van der Waals surface area contributed by atoms with Gasteiger partial charge in [-0.1, -0.05) is 0 Å². The van der Waals surface area contributed by atoms with E-state index in [4.69, 9.17) is 9.47 Å². The zero-order valence-electron chi connectivity index (χ0n) is 8.95. The number of carbonyl (C=O) groups excluding carboxylic acids is 1. The molecule has 0 saturated carbocycles. The summed E-state index contributed by atoms with van der Waals surface area (Å²) in [4.78, 5) is 12.5. The Balaban J connectivity index is 2.20. The normalized spacial score (nSPS) is 27.1. The molecule has 1 rings (SSSR count). The van der Waals surface area contributed by atoms with Gasteiger partial charge in [-0.15, -0.1) is 0 Å². The second kappa shape index (κ2) is 5.17. The second-order valence-corrected chi connectivity index (χ2v) is 3.70. The van der Waals surface area contributed by atoms with E-state index in [-0.39, 0.29) is 18.3 Å². The molecule has 0 radical (unpaired) electrons. The molecule has 5 heteroatoms. The van der Waals surface area contributed by atoms with Crippen LogP contribution in [0.4, 0.5) is 4.79 Å². The number of carbonyl (C=O) groups is 1. The summed E-state index contributed by atoms with van der Waals surface area (Å²) in [5.74, 6) is 0. The van der Waals surface area contributed by atoms with Crippen LogP contribution in [0.1, 0.15) is 6.92 Å². The SMILES string of the molecule is CC1CNCC(COC(=O)N(C)C)O1. The van der Waals surface area contributed by atoms with Crippen molar-refractivity contribution in [3.63, 3.8) is 0 Å². The van der Waals surface area contributed by atoms with Crippen molar-refractivity contribution < 1.29 is 14.3 Å². The van der Waals surface area contributed by atoms with Gasteiger partial charge in [0.15, 0.2) is 0 Å². The Morgan fingerprint density at radius 1 is 1.57 bits per heavy atom. The molecule has 0 aromatic carbocycles. The highest BCUT2D eigenvalue weighted by Crippen LogP contribution is 2.03. The van der Waals surface area contributed by atoms with Gasteiger partial charge in [0.25, 0.3) is 0 Å². The molecule has 5 nitrogen and oxygen atoms in total. The average Bonchev–Trinajstić information content (AvgIpc) is 2.14. The molecule has 1 saturated heterocycles. The van der Waals surface area contributed by atoms with Gasteiger partial charge in [-0.05, 0) is 6.92 Å². The largest absolute Gasteiger partial charge is 0.447 e. The predicted molar refractivity (Wildman–Crippen MR) is 52.2 cm³/mol. The van der Waals surface area contributed by atoms with Gasteiger partial charge in [0.2, 0.25) is 0 Å². The number of nitrogens with one attached hydrogen (secondary N) is 1. The summed E-state index contributed by atoms with van der Waals surface area (Å²) in [6.45, 7) is 3.91. The molecule has 1 fully saturated rings. The van der Waals surface area contributed by atoms with Crippen LogP contribution in [0, 0.1) is 0 Å².